The number of halogens is 1. The van der Waals surface area contributed by atoms with Crippen molar-refractivity contribution in [2.75, 3.05) is 18.5 Å². The lowest BCUT2D eigenvalue weighted by atomic mass is 10.3. The van der Waals surface area contributed by atoms with Gasteiger partial charge in [-0.1, -0.05) is 17.7 Å². The van der Waals surface area contributed by atoms with Gasteiger partial charge < -0.3 is 10.4 Å². The van der Waals surface area contributed by atoms with E-state index in [-0.39, 0.29) is 24.0 Å². The Bertz CT molecular complexity index is 687. The van der Waals surface area contributed by atoms with E-state index in [1.807, 2.05) is 5.38 Å². The van der Waals surface area contributed by atoms with E-state index in [2.05, 4.69) is 10.4 Å². The second-order valence-electron chi connectivity index (χ2n) is 4.37. The topological polar surface area (TPSA) is 64.9 Å². The molecule has 5 nitrogen and oxygen atoms in total. The van der Waals surface area contributed by atoms with E-state index in [9.17, 15) is 4.79 Å². The number of thiocarbonyl (C=S) groups is 1. The third kappa shape index (κ3) is 5.40. The number of carbonyl (C=O) groups is 1. The fourth-order valence-corrected chi connectivity index (χ4v) is 2.64. The van der Waals surface area contributed by atoms with Gasteiger partial charge in [0.15, 0.2) is 5.11 Å². The van der Waals surface area contributed by atoms with Crippen molar-refractivity contribution >= 4 is 58.0 Å². The van der Waals surface area contributed by atoms with Crippen molar-refractivity contribution in [3.63, 3.8) is 0 Å². The average molecular weight is 368 g/mol. The summed E-state index contributed by atoms with van der Waals surface area (Å²) in [4.78, 5) is 12.5. The first-order valence-electron chi connectivity index (χ1n) is 6.67. The van der Waals surface area contributed by atoms with Crippen molar-refractivity contribution in [2.24, 2.45) is 5.10 Å². The number of carbonyl (C=O) groups excluding carboxylic acids is 1. The number of nitrogens with zero attached hydrogens (tertiary/aromatic N) is 2. The van der Waals surface area contributed by atoms with Crippen molar-refractivity contribution in [1.82, 2.24) is 5.01 Å². The fraction of sp³-hybridized carbons (Fsp3) is 0.133. The molecule has 1 aromatic heterocycles. The summed E-state index contributed by atoms with van der Waals surface area (Å²) in [5.41, 5.74) is 0.738. The Hall–Kier alpha value is -1.80. The van der Waals surface area contributed by atoms with Crippen molar-refractivity contribution in [3.8, 4) is 0 Å². The molecule has 0 aliphatic heterocycles. The molecule has 1 aromatic carbocycles. The molecule has 0 bridgehead atoms. The summed E-state index contributed by atoms with van der Waals surface area (Å²) >= 11 is 12.4. The minimum Gasteiger partial charge on any atom is -0.394 e. The molecular formula is C15H14ClN3O2S2. The number of hydrogen-bond donors (Lipinski definition) is 2. The smallest absolute Gasteiger partial charge is 0.215 e. The van der Waals surface area contributed by atoms with Crippen LogP contribution >= 0.6 is 35.2 Å². The van der Waals surface area contributed by atoms with Crippen molar-refractivity contribution in [2.45, 2.75) is 0 Å². The number of anilines is 1. The number of hydrogen-bond acceptors (Lipinski definition) is 5. The molecule has 0 saturated heterocycles. The third-order valence-corrected chi connectivity index (χ3v) is 4.17. The number of Topliss-reactive ketones (excluding diaryl/α,β-unsaturated/α-hetero) is 1. The second kappa shape index (κ2) is 8.73. The number of thiophene rings is 1. The maximum absolute atomic E-state index is 11.9. The first-order valence-corrected chi connectivity index (χ1v) is 8.33. The zero-order valence-corrected chi connectivity index (χ0v) is 14.4. The van der Waals surface area contributed by atoms with E-state index in [0.29, 0.717) is 9.90 Å². The molecule has 0 aliphatic rings. The van der Waals surface area contributed by atoms with Gasteiger partial charge in [0, 0.05) is 10.7 Å². The van der Waals surface area contributed by atoms with Gasteiger partial charge in [-0.2, -0.15) is 5.10 Å². The van der Waals surface area contributed by atoms with Gasteiger partial charge in [0.2, 0.25) is 5.78 Å². The largest absolute Gasteiger partial charge is 0.394 e. The minimum absolute atomic E-state index is 0.146. The van der Waals surface area contributed by atoms with Crippen LogP contribution in [0.4, 0.5) is 5.69 Å². The minimum atomic E-state index is -0.211. The van der Waals surface area contributed by atoms with Gasteiger partial charge in [0.1, 0.15) is 0 Å². The van der Waals surface area contributed by atoms with Gasteiger partial charge in [-0.25, -0.2) is 5.01 Å². The molecule has 0 saturated carbocycles. The summed E-state index contributed by atoms with van der Waals surface area (Å²) < 4.78 is 0. The number of aliphatic hydroxyl groups excluding tert-OH is 1. The van der Waals surface area contributed by atoms with Crippen LogP contribution in [0.2, 0.25) is 5.02 Å². The number of rotatable bonds is 6. The lowest BCUT2D eigenvalue weighted by molar-refractivity contribution is 0.107. The molecule has 2 rings (SSSR count). The average Bonchev–Trinajstić information content (AvgIpc) is 3.07. The van der Waals surface area contributed by atoms with Gasteiger partial charge in [-0.3, -0.25) is 4.79 Å². The molecular weight excluding hydrogens is 354 g/mol. The molecule has 0 aliphatic carbocycles. The zero-order valence-electron chi connectivity index (χ0n) is 12.0. The Balaban J connectivity index is 2.03. The molecule has 0 spiro atoms. The van der Waals surface area contributed by atoms with Crippen LogP contribution in [0, 0.1) is 0 Å². The first kappa shape index (κ1) is 17.6. The maximum atomic E-state index is 11.9. The molecule has 0 amide bonds. The molecule has 0 unspecified atom stereocenters. The van der Waals surface area contributed by atoms with Crippen LogP contribution in [-0.2, 0) is 0 Å². The summed E-state index contributed by atoms with van der Waals surface area (Å²) in [5, 5.41) is 20.2. The van der Waals surface area contributed by atoms with E-state index in [1.165, 1.54) is 22.6 Å². The third-order valence-electron chi connectivity index (χ3n) is 2.72. The van der Waals surface area contributed by atoms with Crippen molar-refractivity contribution in [1.29, 1.82) is 0 Å². The molecule has 2 aromatic rings. The lowest BCUT2D eigenvalue weighted by Crippen LogP contribution is -2.33. The van der Waals surface area contributed by atoms with E-state index < -0.39 is 0 Å². The molecule has 23 heavy (non-hydrogen) atoms. The lowest BCUT2D eigenvalue weighted by Gasteiger charge is -2.19. The molecule has 2 N–H and O–H groups in total. The van der Waals surface area contributed by atoms with Gasteiger partial charge in [0.05, 0.1) is 24.2 Å². The Kier molecular flexibility index (Phi) is 6.66. The van der Waals surface area contributed by atoms with E-state index >= 15 is 0 Å². The zero-order chi connectivity index (χ0) is 16.7. The summed E-state index contributed by atoms with van der Waals surface area (Å²) in [6.07, 6.45) is 1.19. The predicted octanol–water partition coefficient (Wildman–Crippen LogP) is 3.26. The quantitative estimate of drug-likeness (QED) is 0.355. The van der Waals surface area contributed by atoms with E-state index in [4.69, 9.17) is 28.9 Å². The van der Waals surface area contributed by atoms with Crippen LogP contribution in [0.3, 0.4) is 0 Å². The highest BCUT2D eigenvalue weighted by atomic mass is 35.5. The Morgan fingerprint density at radius 1 is 1.39 bits per heavy atom. The molecule has 8 heteroatoms. The SMILES string of the molecule is O=C(/C=N/N(CCO)C(=S)Nc1ccc(Cl)cc1)c1cccs1. The number of hydrazone groups is 1. The van der Waals surface area contributed by atoms with E-state index in [0.717, 1.165) is 5.69 Å². The molecule has 0 radical (unpaired) electrons. The van der Waals surface area contributed by atoms with Gasteiger partial charge in [-0.05, 0) is 47.9 Å². The van der Waals surface area contributed by atoms with Crippen LogP contribution in [-0.4, -0.2) is 40.4 Å². The van der Waals surface area contributed by atoms with Gasteiger partial charge in [0.25, 0.3) is 0 Å². The Labute approximate surface area is 148 Å². The molecule has 0 atom stereocenters. The standard InChI is InChI=1S/C15H14ClN3O2S2/c16-11-3-5-12(6-4-11)18-15(22)19(7-8-20)17-10-13(21)14-2-1-9-23-14/h1-6,9-10,20H,7-8H2,(H,18,22)/b17-10+. The van der Waals surface area contributed by atoms with Gasteiger partial charge in [-0.15, -0.1) is 11.3 Å². The van der Waals surface area contributed by atoms with Crippen LogP contribution < -0.4 is 5.32 Å². The van der Waals surface area contributed by atoms with Crippen molar-refractivity contribution < 1.29 is 9.90 Å². The monoisotopic (exact) mass is 367 g/mol. The molecule has 1 heterocycles. The summed E-state index contributed by atoms with van der Waals surface area (Å²) in [7, 11) is 0. The Morgan fingerprint density at radius 3 is 2.74 bits per heavy atom. The van der Waals surface area contributed by atoms with Crippen molar-refractivity contribution in [3.05, 3.63) is 51.7 Å². The summed E-state index contributed by atoms with van der Waals surface area (Å²) in [6, 6.07) is 10.5. The highest BCUT2D eigenvalue weighted by Gasteiger charge is 2.09. The number of benzene rings is 1. The number of nitrogens with one attached hydrogen (secondary N) is 1. The number of ketones is 1. The van der Waals surface area contributed by atoms with E-state index in [1.54, 1.807) is 36.4 Å². The molecule has 0 fully saturated rings. The second-order valence-corrected chi connectivity index (χ2v) is 6.14. The summed E-state index contributed by atoms with van der Waals surface area (Å²) in [5.74, 6) is -0.211. The fourth-order valence-electron chi connectivity index (χ4n) is 1.63. The van der Waals surface area contributed by atoms with Crippen LogP contribution in [0.5, 0.6) is 0 Å². The van der Waals surface area contributed by atoms with Crippen LogP contribution in [0.1, 0.15) is 9.67 Å². The normalized spacial score (nSPS) is 10.7. The first-order chi connectivity index (χ1) is 11.1. The predicted molar refractivity (Wildman–Crippen MR) is 98.6 cm³/mol. The van der Waals surface area contributed by atoms with Crippen LogP contribution in [0.15, 0.2) is 46.9 Å². The maximum Gasteiger partial charge on any atom is 0.215 e. The highest BCUT2D eigenvalue weighted by molar-refractivity contribution is 7.80. The Morgan fingerprint density at radius 2 is 2.13 bits per heavy atom. The van der Waals surface area contributed by atoms with Gasteiger partial charge >= 0.3 is 0 Å². The summed E-state index contributed by atoms with van der Waals surface area (Å²) in [6.45, 7) is 0.0284. The molecule has 120 valence electrons. The highest BCUT2D eigenvalue weighted by Crippen LogP contribution is 2.14. The van der Waals surface area contributed by atoms with Crippen LogP contribution in [0.25, 0.3) is 0 Å². The number of aliphatic hydroxyl groups is 1.